The van der Waals surface area contributed by atoms with Gasteiger partial charge in [0.05, 0.1) is 27.0 Å². The molecule has 0 saturated heterocycles. The molecule has 0 unspecified atom stereocenters. The molecular weight excluding hydrogens is 475 g/mol. The molecule has 0 saturated carbocycles. The second-order valence-corrected chi connectivity index (χ2v) is 8.27. The molecule has 0 radical (unpaired) electrons. The van der Waals surface area contributed by atoms with Crippen LogP contribution in [0.15, 0.2) is 77.2 Å². The van der Waals surface area contributed by atoms with Gasteiger partial charge in [-0.2, -0.15) is 10.2 Å². The van der Waals surface area contributed by atoms with E-state index in [2.05, 4.69) is 31.1 Å². The first kappa shape index (κ1) is 23.3. The van der Waals surface area contributed by atoms with E-state index in [-0.39, 0.29) is 22.2 Å². The van der Waals surface area contributed by atoms with E-state index in [9.17, 15) is 4.79 Å². The molecule has 4 rings (SSSR count). The predicted molar refractivity (Wildman–Crippen MR) is 131 cm³/mol. The number of amides is 1. The highest BCUT2D eigenvalue weighted by Gasteiger charge is 2.19. The number of nitrogens with zero attached hydrogens (tertiary/aromatic N) is 6. The Morgan fingerprint density at radius 2 is 1.85 bits per heavy atom. The highest BCUT2D eigenvalue weighted by atomic mass is 35.5. The van der Waals surface area contributed by atoms with E-state index in [1.807, 2.05) is 49.4 Å². The maximum Gasteiger partial charge on any atom is 0.254 e. The van der Waals surface area contributed by atoms with E-state index >= 15 is 0 Å². The molecule has 4 aromatic rings. The van der Waals surface area contributed by atoms with Crippen molar-refractivity contribution in [3.8, 4) is 5.69 Å². The third-order valence-electron chi connectivity index (χ3n) is 5.00. The van der Waals surface area contributed by atoms with Crippen LogP contribution in [0.25, 0.3) is 5.69 Å². The number of tetrazole rings is 1. The molecule has 0 fully saturated rings. The number of hydrogen-bond donors (Lipinski definition) is 2. The van der Waals surface area contributed by atoms with Gasteiger partial charge in [0.15, 0.2) is 0 Å². The SMILES string of the molecule is Cc1ccc(N)c(N=N[C@@H](CNC(=O)c2c(Cl)cc(-n3cnnn3)cc2Cl)c2ccccc2)c1. The number of benzene rings is 3. The van der Waals surface area contributed by atoms with Gasteiger partial charge >= 0.3 is 0 Å². The number of aromatic nitrogens is 4. The standard InChI is InChI=1S/C23H20Cl2N8O/c1-14-7-8-19(26)20(9-14)29-30-21(15-5-3-2-4-6-15)12-27-23(34)22-17(24)10-16(11-18(22)25)33-13-28-31-32-33/h2-11,13,21H,12,26H2,1H3,(H,27,34)/t21-/m0/s1. The maximum atomic E-state index is 13.0. The van der Waals surface area contributed by atoms with E-state index in [1.54, 1.807) is 18.2 Å². The second kappa shape index (κ2) is 10.4. The normalized spacial score (nSPS) is 12.1. The average Bonchev–Trinajstić information content (AvgIpc) is 3.36. The zero-order chi connectivity index (χ0) is 24.1. The van der Waals surface area contributed by atoms with Crippen molar-refractivity contribution < 1.29 is 4.79 Å². The van der Waals surface area contributed by atoms with E-state index in [0.717, 1.165) is 11.1 Å². The highest BCUT2D eigenvalue weighted by molar-refractivity contribution is 6.40. The molecule has 34 heavy (non-hydrogen) atoms. The Balaban J connectivity index is 1.55. The smallest absolute Gasteiger partial charge is 0.254 e. The van der Waals surface area contributed by atoms with Crippen molar-refractivity contribution in [1.82, 2.24) is 25.5 Å². The van der Waals surface area contributed by atoms with Gasteiger partial charge in [0.2, 0.25) is 0 Å². The van der Waals surface area contributed by atoms with Crippen molar-refractivity contribution in [1.29, 1.82) is 0 Å². The lowest BCUT2D eigenvalue weighted by atomic mass is 10.1. The molecule has 3 aromatic carbocycles. The summed E-state index contributed by atoms with van der Waals surface area (Å²) in [7, 11) is 0. The maximum absolute atomic E-state index is 13.0. The molecule has 3 N–H and O–H groups in total. The number of carbonyl (C=O) groups is 1. The van der Waals surface area contributed by atoms with Crippen molar-refractivity contribution in [2.45, 2.75) is 13.0 Å². The molecule has 0 aliphatic rings. The van der Waals surface area contributed by atoms with Crippen molar-refractivity contribution in [2.75, 3.05) is 12.3 Å². The van der Waals surface area contributed by atoms with E-state index in [4.69, 9.17) is 28.9 Å². The van der Waals surface area contributed by atoms with Crippen LogP contribution >= 0.6 is 23.2 Å². The Bertz CT molecular complexity index is 1300. The Morgan fingerprint density at radius 3 is 2.53 bits per heavy atom. The number of halogens is 2. The van der Waals surface area contributed by atoms with Crippen LogP contribution in [0.3, 0.4) is 0 Å². The summed E-state index contributed by atoms with van der Waals surface area (Å²) in [6.07, 6.45) is 1.40. The number of nitrogen functional groups attached to an aromatic ring is 1. The fourth-order valence-corrected chi connectivity index (χ4v) is 3.89. The van der Waals surface area contributed by atoms with Crippen molar-refractivity contribution in [2.24, 2.45) is 10.2 Å². The number of azo groups is 1. The molecule has 1 aromatic heterocycles. The number of anilines is 1. The summed E-state index contributed by atoms with van der Waals surface area (Å²) < 4.78 is 1.39. The molecule has 0 aliphatic carbocycles. The van der Waals surface area contributed by atoms with Crippen LogP contribution in [0.2, 0.25) is 10.0 Å². The lowest BCUT2D eigenvalue weighted by molar-refractivity contribution is 0.0951. The van der Waals surface area contributed by atoms with Crippen molar-refractivity contribution in [3.63, 3.8) is 0 Å². The zero-order valence-electron chi connectivity index (χ0n) is 18.1. The third kappa shape index (κ3) is 5.38. The summed E-state index contributed by atoms with van der Waals surface area (Å²) in [5.41, 5.74) is 9.68. The average molecular weight is 495 g/mol. The van der Waals surface area contributed by atoms with Gasteiger partial charge in [-0.3, -0.25) is 4.79 Å². The van der Waals surface area contributed by atoms with Crippen LogP contribution in [0.1, 0.15) is 27.5 Å². The first-order chi connectivity index (χ1) is 16.4. The first-order valence-electron chi connectivity index (χ1n) is 10.2. The molecule has 0 aliphatic heterocycles. The van der Waals surface area contributed by atoms with Crippen LogP contribution in [0.4, 0.5) is 11.4 Å². The van der Waals surface area contributed by atoms with Crippen LogP contribution in [0.5, 0.6) is 0 Å². The quantitative estimate of drug-likeness (QED) is 0.272. The number of carbonyl (C=O) groups excluding carboxylic acids is 1. The number of aryl methyl sites for hydroxylation is 1. The van der Waals surface area contributed by atoms with Crippen LogP contribution in [-0.2, 0) is 0 Å². The Kier molecular flexibility index (Phi) is 7.15. The molecule has 1 amide bonds. The van der Waals surface area contributed by atoms with Gasteiger partial charge in [0.1, 0.15) is 18.1 Å². The van der Waals surface area contributed by atoms with Gasteiger partial charge in [-0.25, -0.2) is 4.68 Å². The van der Waals surface area contributed by atoms with Crippen molar-refractivity contribution in [3.05, 3.63) is 93.7 Å². The Hall–Kier alpha value is -3.82. The predicted octanol–water partition coefficient (Wildman–Crippen LogP) is 5.11. The van der Waals surface area contributed by atoms with Gasteiger partial charge in [0.25, 0.3) is 5.91 Å². The number of rotatable bonds is 7. The molecule has 172 valence electrons. The molecule has 9 nitrogen and oxygen atoms in total. The fraction of sp³-hybridized carbons (Fsp3) is 0.130. The molecule has 11 heteroatoms. The topological polar surface area (TPSA) is 123 Å². The van der Waals surface area contributed by atoms with Crippen molar-refractivity contribution >= 4 is 40.5 Å². The summed E-state index contributed by atoms with van der Waals surface area (Å²) in [6.45, 7) is 2.12. The van der Waals surface area contributed by atoms with Gasteiger partial charge in [-0.1, -0.05) is 59.6 Å². The second-order valence-electron chi connectivity index (χ2n) is 7.45. The molecule has 0 bridgehead atoms. The molecule has 1 heterocycles. The lowest BCUT2D eigenvalue weighted by Crippen LogP contribution is -2.28. The van der Waals surface area contributed by atoms with Crippen LogP contribution in [0, 0.1) is 6.92 Å². The number of hydrogen-bond acceptors (Lipinski definition) is 7. The zero-order valence-corrected chi connectivity index (χ0v) is 19.6. The molecular formula is C23H20Cl2N8O. The summed E-state index contributed by atoms with van der Waals surface area (Å²) in [6, 6.07) is 17.7. The first-order valence-corrected chi connectivity index (χ1v) is 11.0. The van der Waals surface area contributed by atoms with Gasteiger partial charge in [0, 0.05) is 6.54 Å². The van der Waals surface area contributed by atoms with Crippen LogP contribution < -0.4 is 11.1 Å². The minimum absolute atomic E-state index is 0.145. The summed E-state index contributed by atoms with van der Waals surface area (Å²) in [4.78, 5) is 13.0. The summed E-state index contributed by atoms with van der Waals surface area (Å²) in [5.74, 6) is -0.440. The van der Waals surface area contributed by atoms with Crippen LogP contribution in [-0.4, -0.2) is 32.7 Å². The highest BCUT2D eigenvalue weighted by Crippen LogP contribution is 2.29. The summed E-state index contributed by atoms with van der Waals surface area (Å²) in [5, 5.41) is 23.0. The monoisotopic (exact) mass is 494 g/mol. The van der Waals surface area contributed by atoms with Gasteiger partial charge in [-0.05, 0) is 52.7 Å². The largest absolute Gasteiger partial charge is 0.397 e. The fourth-order valence-electron chi connectivity index (χ4n) is 3.24. The Labute approximate surface area is 205 Å². The van der Waals surface area contributed by atoms with E-state index in [1.165, 1.54) is 11.0 Å². The van der Waals surface area contributed by atoms with Gasteiger partial charge < -0.3 is 11.1 Å². The summed E-state index contributed by atoms with van der Waals surface area (Å²) >= 11 is 12.7. The van der Waals surface area contributed by atoms with E-state index < -0.39 is 11.9 Å². The lowest BCUT2D eigenvalue weighted by Gasteiger charge is -2.15. The van der Waals surface area contributed by atoms with Gasteiger partial charge in [-0.15, -0.1) is 5.10 Å². The molecule has 0 spiro atoms. The molecule has 1 atom stereocenters. The minimum atomic E-state index is -0.455. The minimum Gasteiger partial charge on any atom is -0.397 e. The number of nitrogens with two attached hydrogens (primary N) is 1. The third-order valence-corrected chi connectivity index (χ3v) is 5.59. The number of nitrogens with one attached hydrogen (secondary N) is 1. The Morgan fingerprint density at radius 1 is 1.12 bits per heavy atom. The van der Waals surface area contributed by atoms with E-state index in [0.29, 0.717) is 17.1 Å².